The zero-order valence-electron chi connectivity index (χ0n) is 14.4. The van der Waals surface area contributed by atoms with E-state index >= 15 is 0 Å². The molecule has 1 amide bonds. The molecule has 1 aromatic carbocycles. The van der Waals surface area contributed by atoms with Gasteiger partial charge in [-0.05, 0) is 19.1 Å². The van der Waals surface area contributed by atoms with E-state index in [1.54, 1.807) is 12.1 Å². The maximum atomic E-state index is 12.6. The van der Waals surface area contributed by atoms with Crippen molar-refractivity contribution in [2.75, 3.05) is 40.2 Å². The second kappa shape index (κ2) is 7.50. The largest absolute Gasteiger partial charge is 0.496 e. The van der Waals surface area contributed by atoms with E-state index in [4.69, 9.17) is 9.47 Å². The molecule has 1 N–H and O–H groups in total. The van der Waals surface area contributed by atoms with Crippen molar-refractivity contribution in [2.24, 2.45) is 5.92 Å². The molecular weight excluding hydrogens is 332 g/mol. The molecule has 0 saturated carbocycles. The minimum Gasteiger partial charge on any atom is -0.496 e. The number of aryl methyl sites for hydroxylation is 1. The normalized spacial score (nSPS) is 21.0. The van der Waals surface area contributed by atoms with Crippen LogP contribution in [-0.2, 0) is 14.8 Å². The molecule has 2 rings (SSSR count). The molecule has 0 aromatic heterocycles. The number of rotatable bonds is 6. The summed E-state index contributed by atoms with van der Waals surface area (Å²) in [5.74, 6) is -0.152. The molecule has 1 fully saturated rings. The summed E-state index contributed by atoms with van der Waals surface area (Å²) in [6, 6.07) is 5.00. The summed E-state index contributed by atoms with van der Waals surface area (Å²) in [4.78, 5) is 12.6. The van der Waals surface area contributed by atoms with E-state index in [1.165, 1.54) is 25.5 Å². The van der Waals surface area contributed by atoms with Gasteiger partial charge in [0.05, 0.1) is 37.7 Å². The fraction of sp³-hybridized carbons (Fsp3) is 0.562. The van der Waals surface area contributed by atoms with Gasteiger partial charge in [0.15, 0.2) is 0 Å². The molecule has 24 heavy (non-hydrogen) atoms. The zero-order chi connectivity index (χ0) is 17.9. The quantitative estimate of drug-likeness (QED) is 0.809. The molecule has 0 unspecified atom stereocenters. The number of ether oxygens (including phenoxy) is 2. The van der Waals surface area contributed by atoms with Gasteiger partial charge in [-0.15, -0.1) is 0 Å². The van der Waals surface area contributed by atoms with Crippen molar-refractivity contribution in [3.63, 3.8) is 0 Å². The van der Waals surface area contributed by atoms with E-state index in [2.05, 4.69) is 5.32 Å². The van der Waals surface area contributed by atoms with Gasteiger partial charge in [0, 0.05) is 20.0 Å². The van der Waals surface area contributed by atoms with Gasteiger partial charge in [-0.25, -0.2) is 12.7 Å². The molecule has 0 bridgehead atoms. The molecule has 0 radical (unpaired) electrons. The van der Waals surface area contributed by atoms with Gasteiger partial charge in [0.1, 0.15) is 5.75 Å². The molecule has 8 heteroatoms. The van der Waals surface area contributed by atoms with Crippen LogP contribution in [0.25, 0.3) is 0 Å². The lowest BCUT2D eigenvalue weighted by atomic mass is 10.0. The molecule has 134 valence electrons. The Balaban J connectivity index is 2.12. The summed E-state index contributed by atoms with van der Waals surface area (Å²) in [6.45, 7) is 2.50. The van der Waals surface area contributed by atoms with Crippen LogP contribution in [0, 0.1) is 12.8 Å². The van der Waals surface area contributed by atoms with Gasteiger partial charge in [0.25, 0.3) is 5.91 Å². The summed E-state index contributed by atoms with van der Waals surface area (Å²) in [5, 5.41) is 2.88. The van der Waals surface area contributed by atoms with Crippen LogP contribution in [0.2, 0.25) is 0 Å². The Hall–Kier alpha value is -1.64. The monoisotopic (exact) mass is 356 g/mol. The van der Waals surface area contributed by atoms with Crippen LogP contribution in [0.5, 0.6) is 5.75 Å². The Morgan fingerprint density at radius 1 is 1.38 bits per heavy atom. The number of nitrogens with one attached hydrogen (secondary N) is 1. The van der Waals surface area contributed by atoms with Crippen LogP contribution in [-0.4, -0.2) is 64.8 Å². The highest BCUT2D eigenvalue weighted by molar-refractivity contribution is 7.89. The zero-order valence-corrected chi connectivity index (χ0v) is 15.2. The Kier molecular flexibility index (Phi) is 5.84. The first kappa shape index (κ1) is 18.7. The second-order valence-corrected chi connectivity index (χ2v) is 8.37. The number of sulfonamides is 1. The van der Waals surface area contributed by atoms with Crippen molar-refractivity contribution >= 4 is 15.9 Å². The number of benzene rings is 1. The molecule has 0 spiro atoms. The number of carbonyl (C=O) groups is 1. The predicted molar refractivity (Wildman–Crippen MR) is 90.8 cm³/mol. The maximum Gasteiger partial charge on any atom is 0.255 e. The van der Waals surface area contributed by atoms with Crippen LogP contribution < -0.4 is 10.1 Å². The molecule has 1 aliphatic rings. The van der Waals surface area contributed by atoms with E-state index in [9.17, 15) is 13.2 Å². The lowest BCUT2D eigenvalue weighted by molar-refractivity contribution is 0.0923. The van der Waals surface area contributed by atoms with Gasteiger partial charge in [-0.1, -0.05) is 11.6 Å². The summed E-state index contributed by atoms with van der Waals surface area (Å²) in [7, 11) is 1.14. The first-order valence-corrected chi connectivity index (χ1v) is 9.29. The first-order valence-electron chi connectivity index (χ1n) is 7.68. The molecule has 2 atom stereocenters. The summed E-state index contributed by atoms with van der Waals surface area (Å²) in [6.07, 6.45) is 0. The lowest BCUT2D eigenvalue weighted by Crippen LogP contribution is -2.43. The number of hydrogen-bond acceptors (Lipinski definition) is 5. The van der Waals surface area contributed by atoms with Gasteiger partial charge in [0.2, 0.25) is 10.0 Å². The first-order chi connectivity index (χ1) is 11.2. The third-order valence-corrected chi connectivity index (χ3v) is 6.06. The number of amides is 1. The smallest absolute Gasteiger partial charge is 0.255 e. The standard InChI is InChI=1S/C16H24N2O5S/c1-11-5-6-15(22-4)13(7-11)16(19)17-14-9-23-8-12(14)10-24(20,21)18(2)3/h5-7,12,14H,8-10H2,1-4H3,(H,17,19)/t12-,14+/m0/s1. The van der Waals surface area contributed by atoms with Crippen molar-refractivity contribution in [3.05, 3.63) is 29.3 Å². The summed E-state index contributed by atoms with van der Waals surface area (Å²) in [5.41, 5.74) is 1.37. The Labute approximate surface area is 143 Å². The van der Waals surface area contributed by atoms with Crippen molar-refractivity contribution in [2.45, 2.75) is 13.0 Å². The topological polar surface area (TPSA) is 84.9 Å². The fourth-order valence-electron chi connectivity index (χ4n) is 2.59. The van der Waals surface area contributed by atoms with E-state index in [0.29, 0.717) is 24.5 Å². The number of nitrogens with zero attached hydrogens (tertiary/aromatic N) is 1. The van der Waals surface area contributed by atoms with Crippen LogP contribution >= 0.6 is 0 Å². The van der Waals surface area contributed by atoms with Crippen LogP contribution in [0.15, 0.2) is 18.2 Å². The van der Waals surface area contributed by atoms with Gasteiger partial charge in [-0.2, -0.15) is 0 Å². The molecule has 1 aliphatic heterocycles. The van der Waals surface area contributed by atoms with Crippen LogP contribution in [0.3, 0.4) is 0 Å². The third-order valence-electron chi connectivity index (χ3n) is 4.10. The van der Waals surface area contributed by atoms with E-state index in [0.717, 1.165) is 5.56 Å². The average Bonchev–Trinajstić information content (AvgIpc) is 2.93. The predicted octanol–water partition coefficient (Wildman–Crippen LogP) is 0.640. The molecule has 0 aliphatic carbocycles. The van der Waals surface area contributed by atoms with E-state index < -0.39 is 10.0 Å². The maximum absolute atomic E-state index is 12.6. The molecule has 1 saturated heterocycles. The minimum absolute atomic E-state index is 0.0596. The van der Waals surface area contributed by atoms with Crippen molar-refractivity contribution in [1.82, 2.24) is 9.62 Å². The fourth-order valence-corrected chi connectivity index (χ4v) is 3.76. The van der Waals surface area contributed by atoms with Gasteiger partial charge < -0.3 is 14.8 Å². The highest BCUT2D eigenvalue weighted by Crippen LogP contribution is 2.22. The number of carbonyl (C=O) groups excluding carboxylic acids is 1. The summed E-state index contributed by atoms with van der Waals surface area (Å²) < 4.78 is 35.9. The van der Waals surface area contributed by atoms with Crippen LogP contribution in [0.1, 0.15) is 15.9 Å². The Bertz CT molecular complexity index is 702. The van der Waals surface area contributed by atoms with E-state index in [1.807, 2.05) is 13.0 Å². The third kappa shape index (κ3) is 4.25. The Morgan fingerprint density at radius 3 is 2.71 bits per heavy atom. The number of hydrogen-bond donors (Lipinski definition) is 1. The van der Waals surface area contributed by atoms with E-state index in [-0.39, 0.29) is 23.6 Å². The van der Waals surface area contributed by atoms with Gasteiger partial charge in [-0.3, -0.25) is 4.79 Å². The Morgan fingerprint density at radius 2 is 2.08 bits per heavy atom. The average molecular weight is 356 g/mol. The van der Waals surface area contributed by atoms with Crippen molar-refractivity contribution in [3.8, 4) is 5.75 Å². The van der Waals surface area contributed by atoms with Crippen molar-refractivity contribution in [1.29, 1.82) is 0 Å². The highest BCUT2D eigenvalue weighted by atomic mass is 32.2. The minimum atomic E-state index is -3.36. The number of methoxy groups -OCH3 is 1. The molecule has 7 nitrogen and oxygen atoms in total. The van der Waals surface area contributed by atoms with Crippen LogP contribution in [0.4, 0.5) is 0 Å². The lowest BCUT2D eigenvalue weighted by Gasteiger charge is -2.21. The van der Waals surface area contributed by atoms with Gasteiger partial charge >= 0.3 is 0 Å². The summed E-state index contributed by atoms with van der Waals surface area (Å²) >= 11 is 0. The second-order valence-electron chi connectivity index (χ2n) is 6.14. The SMILES string of the molecule is COc1ccc(C)cc1C(=O)N[C@@H]1COC[C@H]1CS(=O)(=O)N(C)C. The molecular formula is C16H24N2O5S. The molecule has 1 aromatic rings. The molecule has 1 heterocycles. The van der Waals surface area contributed by atoms with Crippen molar-refractivity contribution < 1.29 is 22.7 Å². The highest BCUT2D eigenvalue weighted by Gasteiger charge is 2.34.